The highest BCUT2D eigenvalue weighted by Crippen LogP contribution is 2.27. The van der Waals surface area contributed by atoms with Gasteiger partial charge in [-0.1, -0.05) is 6.07 Å². The fraction of sp³-hybridized carbons (Fsp3) is 0.217. The summed E-state index contributed by atoms with van der Waals surface area (Å²) in [5, 5.41) is 3.00. The largest absolute Gasteiger partial charge is 0.497 e. The van der Waals surface area contributed by atoms with Gasteiger partial charge in [0.2, 0.25) is 0 Å². The van der Waals surface area contributed by atoms with E-state index in [1.807, 2.05) is 50.2 Å². The van der Waals surface area contributed by atoms with Gasteiger partial charge in [0.15, 0.2) is 0 Å². The Morgan fingerprint density at radius 2 is 1.68 bits per heavy atom. The minimum absolute atomic E-state index is 0.153. The van der Waals surface area contributed by atoms with E-state index in [0.29, 0.717) is 17.9 Å². The number of pyridine rings is 1. The second kappa shape index (κ2) is 8.57. The van der Waals surface area contributed by atoms with Gasteiger partial charge in [-0.05, 0) is 67.9 Å². The Bertz CT molecular complexity index is 982. The molecule has 5 nitrogen and oxygen atoms in total. The molecular formula is C23H24N2O3. The molecule has 5 heteroatoms. The molecule has 2 aromatic carbocycles. The van der Waals surface area contributed by atoms with Gasteiger partial charge in [0.05, 0.1) is 19.9 Å². The lowest BCUT2D eigenvalue weighted by Gasteiger charge is -2.15. The second-order valence-electron chi connectivity index (χ2n) is 6.55. The smallest absolute Gasteiger partial charge is 0.251 e. The molecule has 1 heterocycles. The number of methoxy groups -OCH3 is 2. The highest BCUT2D eigenvalue weighted by Gasteiger charge is 2.14. The maximum absolute atomic E-state index is 12.6. The number of benzene rings is 2. The highest BCUT2D eigenvalue weighted by molar-refractivity contribution is 5.94. The van der Waals surface area contributed by atoms with Gasteiger partial charge in [0, 0.05) is 28.9 Å². The first kappa shape index (κ1) is 19.4. The molecular weight excluding hydrogens is 352 g/mol. The van der Waals surface area contributed by atoms with Gasteiger partial charge in [-0.3, -0.25) is 9.78 Å². The molecule has 1 aromatic heterocycles. The van der Waals surface area contributed by atoms with E-state index in [-0.39, 0.29) is 5.91 Å². The minimum Gasteiger partial charge on any atom is -0.497 e. The van der Waals surface area contributed by atoms with Gasteiger partial charge >= 0.3 is 0 Å². The average Bonchev–Trinajstić information content (AvgIpc) is 2.72. The highest BCUT2D eigenvalue weighted by atomic mass is 16.5. The van der Waals surface area contributed by atoms with E-state index in [4.69, 9.17) is 14.5 Å². The Labute approximate surface area is 165 Å². The maximum Gasteiger partial charge on any atom is 0.251 e. The van der Waals surface area contributed by atoms with Gasteiger partial charge in [-0.2, -0.15) is 0 Å². The van der Waals surface area contributed by atoms with Gasteiger partial charge in [0.25, 0.3) is 5.91 Å². The standard InChI is InChI=1S/C23H24N2O3/c1-15-12-16(2)25-22(17-8-10-19(27-3)11-9-17)21(15)14-24-23(26)18-6-5-7-20(13-18)28-4/h5-13H,14H2,1-4H3,(H,24,26). The molecule has 0 saturated carbocycles. The zero-order valence-corrected chi connectivity index (χ0v) is 16.6. The van der Waals surface area contributed by atoms with Crippen molar-refractivity contribution in [1.82, 2.24) is 10.3 Å². The normalized spacial score (nSPS) is 10.4. The minimum atomic E-state index is -0.153. The molecule has 0 fully saturated rings. The fourth-order valence-electron chi connectivity index (χ4n) is 3.11. The summed E-state index contributed by atoms with van der Waals surface area (Å²) in [5.41, 5.74) is 5.43. The van der Waals surface area contributed by atoms with Crippen LogP contribution in [0.15, 0.2) is 54.6 Å². The molecule has 28 heavy (non-hydrogen) atoms. The first-order chi connectivity index (χ1) is 13.5. The van der Waals surface area contributed by atoms with E-state index >= 15 is 0 Å². The maximum atomic E-state index is 12.6. The molecule has 1 amide bonds. The first-order valence-electron chi connectivity index (χ1n) is 9.05. The Hall–Kier alpha value is -3.34. The van der Waals surface area contributed by atoms with Gasteiger partial charge in [-0.25, -0.2) is 0 Å². The molecule has 144 valence electrons. The monoisotopic (exact) mass is 376 g/mol. The summed E-state index contributed by atoms with van der Waals surface area (Å²) < 4.78 is 10.4. The SMILES string of the molecule is COc1ccc(-c2nc(C)cc(C)c2CNC(=O)c2cccc(OC)c2)cc1. The third-order valence-electron chi connectivity index (χ3n) is 4.60. The number of aromatic nitrogens is 1. The topological polar surface area (TPSA) is 60.5 Å². The fourth-order valence-corrected chi connectivity index (χ4v) is 3.11. The molecule has 0 bridgehead atoms. The van der Waals surface area contributed by atoms with Crippen LogP contribution in [-0.4, -0.2) is 25.1 Å². The Morgan fingerprint density at radius 1 is 0.964 bits per heavy atom. The summed E-state index contributed by atoms with van der Waals surface area (Å²) in [5.74, 6) is 1.29. The molecule has 0 spiro atoms. The molecule has 0 aliphatic carbocycles. The summed E-state index contributed by atoms with van der Waals surface area (Å²) in [6.45, 7) is 4.39. The third kappa shape index (κ3) is 4.31. The van der Waals surface area contributed by atoms with Crippen LogP contribution in [-0.2, 0) is 6.54 Å². The number of nitrogens with zero attached hydrogens (tertiary/aromatic N) is 1. The van der Waals surface area contributed by atoms with Gasteiger partial charge in [-0.15, -0.1) is 0 Å². The number of hydrogen-bond donors (Lipinski definition) is 1. The number of hydrogen-bond acceptors (Lipinski definition) is 4. The summed E-state index contributed by atoms with van der Waals surface area (Å²) in [6.07, 6.45) is 0. The zero-order valence-electron chi connectivity index (χ0n) is 16.6. The van der Waals surface area contributed by atoms with Crippen LogP contribution in [0.25, 0.3) is 11.3 Å². The van der Waals surface area contributed by atoms with Gasteiger partial charge in [0.1, 0.15) is 11.5 Å². The molecule has 0 aliphatic heterocycles. The number of carbonyl (C=O) groups excluding carboxylic acids is 1. The molecule has 0 unspecified atom stereocenters. The van der Waals surface area contributed by atoms with Crippen molar-refractivity contribution >= 4 is 5.91 Å². The Balaban J connectivity index is 1.87. The van der Waals surface area contributed by atoms with E-state index in [0.717, 1.165) is 33.8 Å². The molecule has 0 aliphatic rings. The number of nitrogens with one attached hydrogen (secondary N) is 1. The first-order valence-corrected chi connectivity index (χ1v) is 9.05. The number of ether oxygens (including phenoxy) is 2. The van der Waals surface area contributed by atoms with E-state index in [1.165, 1.54) is 0 Å². The van der Waals surface area contributed by atoms with E-state index in [2.05, 4.69) is 5.32 Å². The van der Waals surface area contributed by atoms with Crippen LogP contribution in [0.1, 0.15) is 27.2 Å². The van der Waals surface area contributed by atoms with Crippen molar-refractivity contribution < 1.29 is 14.3 Å². The zero-order chi connectivity index (χ0) is 20.1. The van der Waals surface area contributed by atoms with Crippen molar-refractivity contribution in [1.29, 1.82) is 0 Å². The number of carbonyl (C=O) groups is 1. The van der Waals surface area contributed by atoms with E-state index < -0.39 is 0 Å². The van der Waals surface area contributed by atoms with Crippen LogP contribution < -0.4 is 14.8 Å². The van der Waals surface area contributed by atoms with Crippen LogP contribution in [0, 0.1) is 13.8 Å². The summed E-state index contributed by atoms with van der Waals surface area (Å²) in [6, 6.07) is 16.9. The predicted molar refractivity (Wildman–Crippen MR) is 110 cm³/mol. The molecule has 3 aromatic rings. The molecule has 0 atom stereocenters. The number of rotatable bonds is 6. The molecule has 0 saturated heterocycles. The lowest BCUT2D eigenvalue weighted by molar-refractivity contribution is 0.0950. The van der Waals surface area contributed by atoms with E-state index in [1.54, 1.807) is 32.4 Å². The average molecular weight is 376 g/mol. The Morgan fingerprint density at radius 3 is 2.36 bits per heavy atom. The predicted octanol–water partition coefficient (Wildman–Crippen LogP) is 4.31. The lowest BCUT2D eigenvalue weighted by atomic mass is 10.0. The Kier molecular flexibility index (Phi) is 5.94. The van der Waals surface area contributed by atoms with Crippen LogP contribution in [0.5, 0.6) is 11.5 Å². The lowest BCUT2D eigenvalue weighted by Crippen LogP contribution is -2.24. The number of aryl methyl sites for hydroxylation is 2. The van der Waals surface area contributed by atoms with Crippen molar-refractivity contribution in [3.8, 4) is 22.8 Å². The van der Waals surface area contributed by atoms with E-state index in [9.17, 15) is 4.79 Å². The van der Waals surface area contributed by atoms with Crippen LogP contribution >= 0.6 is 0 Å². The summed E-state index contributed by atoms with van der Waals surface area (Å²) in [4.78, 5) is 17.3. The summed E-state index contributed by atoms with van der Waals surface area (Å²) in [7, 11) is 3.23. The molecule has 3 rings (SSSR count). The van der Waals surface area contributed by atoms with Crippen molar-refractivity contribution in [2.24, 2.45) is 0 Å². The van der Waals surface area contributed by atoms with Crippen LogP contribution in [0.4, 0.5) is 0 Å². The van der Waals surface area contributed by atoms with Crippen LogP contribution in [0.2, 0.25) is 0 Å². The van der Waals surface area contributed by atoms with Crippen molar-refractivity contribution in [2.45, 2.75) is 20.4 Å². The summed E-state index contributed by atoms with van der Waals surface area (Å²) >= 11 is 0. The third-order valence-corrected chi connectivity index (χ3v) is 4.60. The van der Waals surface area contributed by atoms with Crippen molar-refractivity contribution in [2.75, 3.05) is 14.2 Å². The van der Waals surface area contributed by atoms with Crippen LogP contribution in [0.3, 0.4) is 0 Å². The van der Waals surface area contributed by atoms with Gasteiger partial charge < -0.3 is 14.8 Å². The number of amides is 1. The second-order valence-corrected chi connectivity index (χ2v) is 6.55. The van der Waals surface area contributed by atoms with Crippen molar-refractivity contribution in [3.63, 3.8) is 0 Å². The quantitative estimate of drug-likeness (QED) is 0.696. The molecule has 1 N–H and O–H groups in total. The van der Waals surface area contributed by atoms with Crippen molar-refractivity contribution in [3.05, 3.63) is 77.0 Å². The molecule has 0 radical (unpaired) electrons.